The summed E-state index contributed by atoms with van der Waals surface area (Å²) in [5.74, 6) is 0.848. The number of nitrogens with zero attached hydrogens (tertiary/aromatic N) is 5. The lowest BCUT2D eigenvalue weighted by atomic mass is 10.2. The molecule has 120 valence electrons. The SMILES string of the molecule is N=C1C=C(N)/C(=N/c2c(N)nc(N)nc2N)N=C1N1CCCC1. The van der Waals surface area contributed by atoms with Crippen LogP contribution in [0.15, 0.2) is 21.8 Å². The number of nitrogens with one attached hydrogen (secondary N) is 1. The Morgan fingerprint density at radius 2 is 1.65 bits per heavy atom. The van der Waals surface area contributed by atoms with Crippen LogP contribution in [0.2, 0.25) is 0 Å². The van der Waals surface area contributed by atoms with Gasteiger partial charge in [-0.15, -0.1) is 0 Å². The summed E-state index contributed by atoms with van der Waals surface area (Å²) in [7, 11) is 0. The number of rotatable bonds is 1. The van der Waals surface area contributed by atoms with Crippen molar-refractivity contribution in [1.29, 1.82) is 5.41 Å². The number of hydrogen-bond donors (Lipinski definition) is 5. The zero-order chi connectivity index (χ0) is 16.6. The number of nitrogen functional groups attached to an aromatic ring is 3. The van der Waals surface area contributed by atoms with E-state index in [4.69, 9.17) is 28.3 Å². The number of amidine groups is 2. The average molecular weight is 314 g/mol. The van der Waals surface area contributed by atoms with Gasteiger partial charge in [0.05, 0.1) is 11.4 Å². The van der Waals surface area contributed by atoms with Gasteiger partial charge in [0.15, 0.2) is 23.3 Å². The van der Waals surface area contributed by atoms with E-state index in [1.54, 1.807) is 0 Å². The molecule has 0 unspecified atom stereocenters. The van der Waals surface area contributed by atoms with E-state index in [9.17, 15) is 0 Å². The highest BCUT2D eigenvalue weighted by molar-refractivity contribution is 6.48. The molecule has 2 aliphatic heterocycles. The summed E-state index contributed by atoms with van der Waals surface area (Å²) in [5, 5.41) is 8.05. The van der Waals surface area contributed by atoms with Crippen molar-refractivity contribution in [2.45, 2.75) is 12.8 Å². The molecule has 3 heterocycles. The monoisotopic (exact) mass is 314 g/mol. The fourth-order valence-corrected chi connectivity index (χ4v) is 2.50. The molecule has 10 nitrogen and oxygen atoms in total. The second-order valence-electron chi connectivity index (χ2n) is 5.28. The van der Waals surface area contributed by atoms with E-state index in [-0.39, 0.29) is 40.5 Å². The van der Waals surface area contributed by atoms with E-state index >= 15 is 0 Å². The van der Waals surface area contributed by atoms with E-state index in [1.165, 1.54) is 6.08 Å². The molecule has 2 aliphatic rings. The number of anilines is 3. The predicted octanol–water partition coefficient (Wildman–Crippen LogP) is -0.377. The van der Waals surface area contributed by atoms with Crippen LogP contribution in [0.5, 0.6) is 0 Å². The molecule has 0 bridgehead atoms. The van der Waals surface area contributed by atoms with Gasteiger partial charge in [0.2, 0.25) is 5.95 Å². The molecule has 0 aromatic carbocycles. The first-order valence-electron chi connectivity index (χ1n) is 7.13. The summed E-state index contributed by atoms with van der Waals surface area (Å²) >= 11 is 0. The Hall–Kier alpha value is -3.17. The third-order valence-corrected chi connectivity index (χ3v) is 3.59. The first kappa shape index (κ1) is 14.8. The van der Waals surface area contributed by atoms with Gasteiger partial charge in [-0.1, -0.05) is 0 Å². The second kappa shape index (κ2) is 5.55. The third kappa shape index (κ3) is 2.78. The van der Waals surface area contributed by atoms with Gasteiger partial charge in [-0.25, -0.2) is 9.98 Å². The Morgan fingerprint density at radius 1 is 1.04 bits per heavy atom. The maximum atomic E-state index is 8.05. The van der Waals surface area contributed by atoms with Crippen molar-refractivity contribution in [3.8, 4) is 0 Å². The van der Waals surface area contributed by atoms with E-state index in [1.807, 2.05) is 4.90 Å². The molecule has 0 aliphatic carbocycles. The predicted molar refractivity (Wildman–Crippen MR) is 90.6 cm³/mol. The summed E-state index contributed by atoms with van der Waals surface area (Å²) < 4.78 is 0. The largest absolute Gasteiger partial charge is 0.396 e. The van der Waals surface area contributed by atoms with Gasteiger partial charge < -0.3 is 27.8 Å². The molecule has 1 saturated heterocycles. The van der Waals surface area contributed by atoms with Gasteiger partial charge in [0, 0.05) is 13.1 Å². The van der Waals surface area contributed by atoms with Crippen molar-refractivity contribution >= 4 is 40.7 Å². The molecular weight excluding hydrogens is 296 g/mol. The first-order valence-corrected chi connectivity index (χ1v) is 7.13. The number of aromatic nitrogens is 2. The topological polar surface area (TPSA) is 182 Å². The summed E-state index contributed by atoms with van der Waals surface area (Å²) in [6, 6.07) is 0. The molecule has 10 heteroatoms. The van der Waals surface area contributed by atoms with Gasteiger partial charge in [0.1, 0.15) is 5.69 Å². The maximum absolute atomic E-state index is 8.05. The van der Waals surface area contributed by atoms with Gasteiger partial charge >= 0.3 is 0 Å². The van der Waals surface area contributed by atoms with Crippen molar-refractivity contribution in [1.82, 2.24) is 14.9 Å². The molecule has 0 radical (unpaired) electrons. The Morgan fingerprint density at radius 3 is 2.26 bits per heavy atom. The average Bonchev–Trinajstić information content (AvgIpc) is 2.98. The second-order valence-corrected chi connectivity index (χ2v) is 5.28. The lowest BCUT2D eigenvalue weighted by Gasteiger charge is -2.22. The maximum Gasteiger partial charge on any atom is 0.224 e. The molecule has 1 aromatic heterocycles. The Bertz CT molecular complexity index is 731. The normalized spacial score (nSPS) is 19.9. The van der Waals surface area contributed by atoms with Crippen molar-refractivity contribution in [2.75, 3.05) is 30.3 Å². The Balaban J connectivity index is 2.03. The zero-order valence-electron chi connectivity index (χ0n) is 12.5. The van der Waals surface area contributed by atoms with E-state index in [0.717, 1.165) is 25.9 Å². The lowest BCUT2D eigenvalue weighted by Crippen LogP contribution is -2.37. The van der Waals surface area contributed by atoms with Crippen LogP contribution >= 0.6 is 0 Å². The van der Waals surface area contributed by atoms with Gasteiger partial charge in [-0.05, 0) is 18.9 Å². The fourth-order valence-electron chi connectivity index (χ4n) is 2.50. The molecule has 1 aromatic rings. The lowest BCUT2D eigenvalue weighted by molar-refractivity contribution is 0.526. The Kier molecular flexibility index (Phi) is 3.56. The number of nitrogens with two attached hydrogens (primary N) is 4. The number of aliphatic imine (C=N–C) groups is 2. The molecule has 0 spiro atoms. The minimum absolute atomic E-state index is 0.0286. The van der Waals surface area contributed by atoms with Gasteiger partial charge in [-0.2, -0.15) is 9.97 Å². The number of likely N-dealkylation sites (tertiary alicyclic amines) is 1. The van der Waals surface area contributed by atoms with Crippen LogP contribution in [0.4, 0.5) is 23.3 Å². The van der Waals surface area contributed by atoms with Crippen LogP contribution in [0, 0.1) is 5.41 Å². The van der Waals surface area contributed by atoms with Crippen LogP contribution < -0.4 is 22.9 Å². The highest BCUT2D eigenvalue weighted by Crippen LogP contribution is 2.28. The quantitative estimate of drug-likeness (QED) is 0.468. The first-order chi connectivity index (χ1) is 11.0. The minimum Gasteiger partial charge on any atom is -0.396 e. The highest BCUT2D eigenvalue weighted by Gasteiger charge is 2.24. The van der Waals surface area contributed by atoms with E-state index in [0.29, 0.717) is 5.84 Å². The van der Waals surface area contributed by atoms with E-state index in [2.05, 4.69) is 20.0 Å². The van der Waals surface area contributed by atoms with Gasteiger partial charge in [-0.3, -0.25) is 5.41 Å². The molecule has 3 rings (SSSR count). The molecule has 1 fully saturated rings. The fraction of sp³-hybridized carbons (Fsp3) is 0.308. The summed E-state index contributed by atoms with van der Waals surface area (Å²) in [6.45, 7) is 1.72. The van der Waals surface area contributed by atoms with Crippen molar-refractivity contribution < 1.29 is 0 Å². The van der Waals surface area contributed by atoms with Crippen molar-refractivity contribution in [3.63, 3.8) is 0 Å². The van der Waals surface area contributed by atoms with Crippen molar-refractivity contribution in [2.24, 2.45) is 15.7 Å². The molecule has 0 saturated carbocycles. The van der Waals surface area contributed by atoms with Gasteiger partial charge in [0.25, 0.3) is 0 Å². The number of dihydropyridines is 1. The van der Waals surface area contributed by atoms with Crippen LogP contribution in [0.1, 0.15) is 12.8 Å². The summed E-state index contributed by atoms with van der Waals surface area (Å²) in [6.07, 6.45) is 3.66. The molecule has 0 atom stereocenters. The highest BCUT2D eigenvalue weighted by atomic mass is 15.2. The van der Waals surface area contributed by atoms with Crippen molar-refractivity contribution in [3.05, 3.63) is 11.8 Å². The zero-order valence-corrected chi connectivity index (χ0v) is 12.5. The molecule has 9 N–H and O–H groups in total. The van der Waals surface area contributed by atoms with Crippen LogP contribution in [-0.4, -0.2) is 45.3 Å². The molecule has 23 heavy (non-hydrogen) atoms. The molecular formula is C13H18N10. The van der Waals surface area contributed by atoms with Crippen LogP contribution in [0.25, 0.3) is 0 Å². The molecule has 0 amide bonds. The Labute approximate surface area is 132 Å². The van der Waals surface area contributed by atoms with E-state index < -0.39 is 0 Å². The standard InChI is InChI=1S/C13H18N10/c14-6-5-7(15)12(23-3-1-2-4-23)22-11(6)19-8-9(16)20-13(18)21-10(8)17/h5,15H,1-4,14H2,(H6,16,17,18,20,21)/b15-7?,19-11-. The summed E-state index contributed by atoms with van der Waals surface area (Å²) in [4.78, 5) is 18.4. The van der Waals surface area contributed by atoms with Crippen LogP contribution in [0.3, 0.4) is 0 Å². The number of hydrogen-bond acceptors (Lipinski definition) is 9. The minimum atomic E-state index is -0.0286. The summed E-state index contributed by atoms with van der Waals surface area (Å²) in [5.41, 5.74) is 23.7. The smallest absolute Gasteiger partial charge is 0.224 e. The third-order valence-electron chi connectivity index (χ3n) is 3.59. The van der Waals surface area contributed by atoms with Crippen LogP contribution in [-0.2, 0) is 0 Å².